The molecule has 5 heteroatoms. The van der Waals surface area contributed by atoms with Crippen LogP contribution in [0.4, 0.5) is 5.82 Å². The van der Waals surface area contributed by atoms with Crippen LogP contribution in [-0.2, 0) is 4.79 Å². The zero-order valence-corrected chi connectivity index (χ0v) is 9.92. The Labute approximate surface area is 98.8 Å². The molecule has 0 N–H and O–H groups in total. The van der Waals surface area contributed by atoms with Crippen molar-refractivity contribution in [3.63, 3.8) is 0 Å². The smallest absolute Gasteiger partial charge is 0.229 e. The topological polar surface area (TPSA) is 33.2 Å². The molecule has 80 valence electrons. The number of anilines is 1. The van der Waals surface area contributed by atoms with Gasteiger partial charge >= 0.3 is 0 Å². The third kappa shape index (κ3) is 2.11. The molecule has 2 heterocycles. The van der Waals surface area contributed by atoms with Crippen LogP contribution in [0.15, 0.2) is 12.1 Å². The summed E-state index contributed by atoms with van der Waals surface area (Å²) >= 11 is 10.2. The minimum absolute atomic E-state index is 0.0734. The maximum Gasteiger partial charge on any atom is 0.229 e. The largest absolute Gasteiger partial charge is 0.296 e. The van der Waals surface area contributed by atoms with Gasteiger partial charge in [0.2, 0.25) is 5.91 Å². The molecule has 1 saturated heterocycles. The van der Waals surface area contributed by atoms with Gasteiger partial charge in [-0.25, -0.2) is 4.98 Å². The van der Waals surface area contributed by atoms with Gasteiger partial charge in [-0.1, -0.05) is 11.6 Å². The Morgan fingerprint density at radius 2 is 2.33 bits per heavy atom. The Morgan fingerprint density at radius 3 is 2.87 bits per heavy atom. The van der Waals surface area contributed by atoms with Crippen molar-refractivity contribution in [1.82, 2.24) is 4.98 Å². The molecule has 1 amide bonds. The third-order valence-electron chi connectivity index (χ3n) is 2.39. The summed E-state index contributed by atoms with van der Waals surface area (Å²) in [6, 6.07) is 3.53. The highest BCUT2D eigenvalue weighted by molar-refractivity contribution is 7.81. The number of aryl methyl sites for hydroxylation is 1. The fourth-order valence-corrected chi connectivity index (χ4v) is 2.02. The van der Waals surface area contributed by atoms with E-state index in [0.717, 1.165) is 5.69 Å². The van der Waals surface area contributed by atoms with Crippen LogP contribution in [-0.4, -0.2) is 22.7 Å². The van der Waals surface area contributed by atoms with Gasteiger partial charge in [0.1, 0.15) is 5.82 Å². The van der Waals surface area contributed by atoms with Gasteiger partial charge < -0.3 is 0 Å². The molecule has 3 nitrogen and oxygen atoms in total. The Morgan fingerprint density at radius 1 is 1.60 bits per heavy atom. The lowest BCUT2D eigenvalue weighted by Crippen LogP contribution is -2.25. The molecular formula is C10H11ClN2OS. The fraction of sp³-hybridized carbons (Fsp3) is 0.400. The number of hydrogen-bond donors (Lipinski definition) is 1. The number of thiol groups is 1. The van der Waals surface area contributed by atoms with Gasteiger partial charge in [-0.3, -0.25) is 9.69 Å². The van der Waals surface area contributed by atoms with Gasteiger partial charge in [0.25, 0.3) is 0 Å². The number of aromatic nitrogens is 1. The molecule has 15 heavy (non-hydrogen) atoms. The van der Waals surface area contributed by atoms with Crippen molar-refractivity contribution < 1.29 is 4.79 Å². The molecule has 1 aliphatic heterocycles. The lowest BCUT2D eigenvalue weighted by molar-refractivity contribution is -0.117. The standard InChI is InChI=1S/C10H11ClN2OS/c1-6-8(11)2-3-9(12-6)13-5-7(15)4-10(13)14/h2-3,7,15H,4-5H2,1H3. The van der Waals surface area contributed by atoms with Crippen LogP contribution in [0.5, 0.6) is 0 Å². The van der Waals surface area contributed by atoms with E-state index in [1.165, 1.54) is 0 Å². The van der Waals surface area contributed by atoms with E-state index in [2.05, 4.69) is 17.6 Å². The van der Waals surface area contributed by atoms with Gasteiger partial charge in [0.05, 0.1) is 10.7 Å². The molecule has 1 aliphatic rings. The maximum absolute atomic E-state index is 11.6. The van der Waals surface area contributed by atoms with E-state index in [4.69, 9.17) is 11.6 Å². The lowest BCUT2D eigenvalue weighted by Gasteiger charge is -2.15. The summed E-state index contributed by atoms with van der Waals surface area (Å²) in [5.41, 5.74) is 0.740. The molecule has 1 aromatic rings. The molecule has 1 aromatic heterocycles. The fourth-order valence-electron chi connectivity index (χ4n) is 1.59. The van der Waals surface area contributed by atoms with Gasteiger partial charge in [-0.2, -0.15) is 12.6 Å². The first kappa shape index (κ1) is 10.8. The highest BCUT2D eigenvalue weighted by Crippen LogP contribution is 2.24. The normalized spacial score (nSPS) is 21.1. The number of hydrogen-bond acceptors (Lipinski definition) is 3. The molecule has 1 unspecified atom stereocenters. The predicted molar refractivity (Wildman–Crippen MR) is 63.7 cm³/mol. The number of pyridine rings is 1. The molecule has 0 bridgehead atoms. The summed E-state index contributed by atoms with van der Waals surface area (Å²) in [5, 5.41) is 0.725. The van der Waals surface area contributed by atoms with Crippen LogP contribution in [0.2, 0.25) is 5.02 Å². The number of amides is 1. The predicted octanol–water partition coefficient (Wildman–Crippen LogP) is 2.08. The molecule has 1 fully saturated rings. The van der Waals surface area contributed by atoms with Crippen LogP contribution >= 0.6 is 24.2 Å². The second kappa shape index (κ2) is 4.02. The van der Waals surface area contributed by atoms with E-state index in [9.17, 15) is 4.79 Å². The minimum Gasteiger partial charge on any atom is -0.296 e. The Hall–Kier alpha value is -0.740. The van der Waals surface area contributed by atoms with E-state index >= 15 is 0 Å². The van der Waals surface area contributed by atoms with E-state index in [1.54, 1.807) is 17.0 Å². The van der Waals surface area contributed by atoms with E-state index in [0.29, 0.717) is 23.8 Å². The summed E-state index contributed by atoms with van der Waals surface area (Å²) in [4.78, 5) is 17.5. The molecular weight excluding hydrogens is 232 g/mol. The number of nitrogens with zero attached hydrogens (tertiary/aromatic N) is 2. The molecule has 2 rings (SSSR count). The first-order valence-corrected chi connectivity index (χ1v) is 5.59. The Kier molecular flexibility index (Phi) is 2.89. The van der Waals surface area contributed by atoms with Crippen molar-refractivity contribution in [1.29, 1.82) is 0 Å². The van der Waals surface area contributed by atoms with Gasteiger partial charge in [-0.05, 0) is 19.1 Å². The molecule has 0 saturated carbocycles. The first-order valence-electron chi connectivity index (χ1n) is 4.69. The summed E-state index contributed by atoms with van der Waals surface area (Å²) in [7, 11) is 0. The van der Waals surface area contributed by atoms with Crippen LogP contribution in [0.25, 0.3) is 0 Å². The zero-order valence-electron chi connectivity index (χ0n) is 8.27. The zero-order chi connectivity index (χ0) is 11.0. The van der Waals surface area contributed by atoms with Crippen molar-refractivity contribution in [3.05, 3.63) is 22.8 Å². The van der Waals surface area contributed by atoms with Gasteiger partial charge in [0.15, 0.2) is 0 Å². The van der Waals surface area contributed by atoms with E-state index < -0.39 is 0 Å². The Bertz CT molecular complexity index is 410. The monoisotopic (exact) mass is 242 g/mol. The Balaban J connectivity index is 2.30. The van der Waals surface area contributed by atoms with Crippen LogP contribution < -0.4 is 4.90 Å². The van der Waals surface area contributed by atoms with Crippen molar-refractivity contribution >= 4 is 36.0 Å². The molecule has 0 aliphatic carbocycles. The summed E-state index contributed by atoms with van der Waals surface area (Å²) in [6.45, 7) is 2.45. The maximum atomic E-state index is 11.6. The highest BCUT2D eigenvalue weighted by atomic mass is 35.5. The number of carbonyl (C=O) groups is 1. The van der Waals surface area contributed by atoms with Gasteiger partial charge in [-0.15, -0.1) is 0 Å². The van der Waals surface area contributed by atoms with E-state index in [-0.39, 0.29) is 11.2 Å². The highest BCUT2D eigenvalue weighted by Gasteiger charge is 2.29. The molecule has 0 aromatic carbocycles. The molecule has 0 spiro atoms. The number of halogens is 1. The average molecular weight is 243 g/mol. The average Bonchev–Trinajstić information content (AvgIpc) is 2.50. The second-order valence-corrected chi connectivity index (χ2v) is 4.74. The van der Waals surface area contributed by atoms with Crippen LogP contribution in [0.3, 0.4) is 0 Å². The minimum atomic E-state index is 0.0734. The van der Waals surface area contributed by atoms with Crippen molar-refractivity contribution in [3.8, 4) is 0 Å². The summed E-state index contributed by atoms with van der Waals surface area (Å²) in [5.74, 6) is 0.739. The van der Waals surface area contributed by atoms with Crippen LogP contribution in [0, 0.1) is 6.92 Å². The molecule has 1 atom stereocenters. The van der Waals surface area contributed by atoms with Crippen molar-refractivity contribution in [2.75, 3.05) is 11.4 Å². The summed E-state index contributed by atoms with van der Waals surface area (Å²) < 4.78 is 0. The summed E-state index contributed by atoms with van der Waals surface area (Å²) in [6.07, 6.45) is 0.479. The second-order valence-electron chi connectivity index (χ2n) is 3.60. The van der Waals surface area contributed by atoms with Crippen molar-refractivity contribution in [2.45, 2.75) is 18.6 Å². The van der Waals surface area contributed by atoms with Crippen LogP contribution in [0.1, 0.15) is 12.1 Å². The quantitative estimate of drug-likeness (QED) is 0.765. The van der Waals surface area contributed by atoms with E-state index in [1.807, 2.05) is 6.92 Å². The first-order chi connectivity index (χ1) is 7.08. The number of carbonyl (C=O) groups excluding carboxylic acids is 1. The van der Waals surface area contributed by atoms with Crippen molar-refractivity contribution in [2.24, 2.45) is 0 Å². The SMILES string of the molecule is Cc1nc(N2CC(S)CC2=O)ccc1Cl. The lowest BCUT2D eigenvalue weighted by atomic mass is 10.3. The third-order valence-corrected chi connectivity index (χ3v) is 3.13. The van der Waals surface area contributed by atoms with Gasteiger partial charge in [0, 0.05) is 18.2 Å². The number of rotatable bonds is 1. The molecule has 0 radical (unpaired) electrons.